The van der Waals surface area contributed by atoms with E-state index in [1.54, 1.807) is 36.4 Å². The molecule has 142 valence electrons. The van der Waals surface area contributed by atoms with Gasteiger partial charge in [-0.25, -0.2) is 0 Å². The van der Waals surface area contributed by atoms with Crippen molar-refractivity contribution < 1.29 is 14.3 Å². The van der Waals surface area contributed by atoms with Gasteiger partial charge in [0, 0.05) is 22.8 Å². The van der Waals surface area contributed by atoms with Gasteiger partial charge in [-0.05, 0) is 55.0 Å². The minimum Gasteiger partial charge on any atom is -0.496 e. The second kappa shape index (κ2) is 9.89. The van der Waals surface area contributed by atoms with Crippen LogP contribution in [0.25, 0.3) is 0 Å². The molecule has 2 aromatic rings. The minimum absolute atomic E-state index is 0.0569. The summed E-state index contributed by atoms with van der Waals surface area (Å²) in [5, 5.41) is 8.82. The summed E-state index contributed by atoms with van der Waals surface area (Å²) >= 11 is 11.1. The molecule has 6 nitrogen and oxygen atoms in total. The molecule has 3 N–H and O–H groups in total. The SMILES string of the molecule is CCCC(=O)Nc1cccc(NC(=S)NC(=O)c2cc(Cl)ccc2OC)c1. The van der Waals surface area contributed by atoms with Crippen molar-refractivity contribution in [3.63, 3.8) is 0 Å². The molecule has 0 aromatic heterocycles. The first kappa shape index (κ1) is 20.7. The van der Waals surface area contributed by atoms with Gasteiger partial charge in [0.1, 0.15) is 5.75 Å². The fourth-order valence-corrected chi connectivity index (χ4v) is 2.70. The number of anilines is 2. The Balaban J connectivity index is 2.02. The number of hydrogen-bond acceptors (Lipinski definition) is 4. The first-order valence-corrected chi connectivity index (χ1v) is 9.07. The van der Waals surface area contributed by atoms with Gasteiger partial charge in [0.2, 0.25) is 5.91 Å². The molecular formula is C19H20ClN3O3S. The van der Waals surface area contributed by atoms with Crippen molar-refractivity contribution >= 4 is 52.1 Å². The molecule has 0 aliphatic rings. The molecule has 0 spiro atoms. The van der Waals surface area contributed by atoms with Crippen molar-refractivity contribution in [2.75, 3.05) is 17.7 Å². The first-order chi connectivity index (χ1) is 12.9. The molecule has 0 bridgehead atoms. The number of thiocarbonyl (C=S) groups is 1. The van der Waals surface area contributed by atoms with E-state index in [1.807, 2.05) is 6.92 Å². The molecule has 0 aliphatic carbocycles. The van der Waals surface area contributed by atoms with Crippen LogP contribution < -0.4 is 20.7 Å². The van der Waals surface area contributed by atoms with E-state index in [9.17, 15) is 9.59 Å². The van der Waals surface area contributed by atoms with E-state index in [1.165, 1.54) is 13.2 Å². The molecule has 0 heterocycles. The van der Waals surface area contributed by atoms with Gasteiger partial charge in [-0.3, -0.25) is 14.9 Å². The van der Waals surface area contributed by atoms with Crippen LogP contribution in [0.2, 0.25) is 5.02 Å². The van der Waals surface area contributed by atoms with Crippen molar-refractivity contribution in [1.29, 1.82) is 0 Å². The Morgan fingerprint density at radius 2 is 1.81 bits per heavy atom. The van der Waals surface area contributed by atoms with Crippen molar-refractivity contribution in [3.05, 3.63) is 53.1 Å². The van der Waals surface area contributed by atoms with Crippen LogP contribution in [0.4, 0.5) is 11.4 Å². The van der Waals surface area contributed by atoms with Crippen LogP contribution in [0.3, 0.4) is 0 Å². The second-order valence-electron chi connectivity index (χ2n) is 5.63. The highest BCUT2D eigenvalue weighted by atomic mass is 35.5. The van der Waals surface area contributed by atoms with Gasteiger partial charge in [0.15, 0.2) is 5.11 Å². The topological polar surface area (TPSA) is 79.5 Å². The van der Waals surface area contributed by atoms with Crippen LogP contribution in [0.5, 0.6) is 5.75 Å². The Labute approximate surface area is 168 Å². The number of hydrogen-bond donors (Lipinski definition) is 3. The van der Waals surface area contributed by atoms with Crippen molar-refractivity contribution in [2.24, 2.45) is 0 Å². The maximum Gasteiger partial charge on any atom is 0.261 e. The lowest BCUT2D eigenvalue weighted by molar-refractivity contribution is -0.116. The zero-order valence-corrected chi connectivity index (χ0v) is 16.5. The third kappa shape index (κ3) is 6.23. The largest absolute Gasteiger partial charge is 0.496 e. The number of carbonyl (C=O) groups is 2. The summed E-state index contributed by atoms with van der Waals surface area (Å²) in [5.74, 6) is -0.113. The molecule has 0 saturated heterocycles. The third-order valence-electron chi connectivity index (χ3n) is 3.51. The van der Waals surface area contributed by atoms with Gasteiger partial charge >= 0.3 is 0 Å². The third-order valence-corrected chi connectivity index (χ3v) is 3.95. The fraction of sp³-hybridized carbons (Fsp3) is 0.211. The van der Waals surface area contributed by atoms with Gasteiger partial charge < -0.3 is 15.4 Å². The summed E-state index contributed by atoms with van der Waals surface area (Å²) in [7, 11) is 1.47. The van der Waals surface area contributed by atoms with Crippen LogP contribution in [0.1, 0.15) is 30.1 Å². The van der Waals surface area contributed by atoms with Crippen molar-refractivity contribution in [1.82, 2.24) is 5.32 Å². The van der Waals surface area contributed by atoms with Crippen LogP contribution in [0.15, 0.2) is 42.5 Å². The fourth-order valence-electron chi connectivity index (χ4n) is 2.32. The monoisotopic (exact) mass is 405 g/mol. The summed E-state index contributed by atoms with van der Waals surface area (Å²) in [6, 6.07) is 11.8. The van der Waals surface area contributed by atoms with E-state index in [4.69, 9.17) is 28.6 Å². The quantitative estimate of drug-likeness (QED) is 0.627. The summed E-state index contributed by atoms with van der Waals surface area (Å²) in [4.78, 5) is 24.1. The summed E-state index contributed by atoms with van der Waals surface area (Å²) in [5.41, 5.74) is 1.55. The molecule has 0 saturated carbocycles. The highest BCUT2D eigenvalue weighted by Crippen LogP contribution is 2.22. The summed E-state index contributed by atoms with van der Waals surface area (Å²) < 4.78 is 5.17. The number of benzene rings is 2. The Kier molecular flexibility index (Phi) is 7.57. The molecule has 0 aliphatic heterocycles. The van der Waals surface area contributed by atoms with Crippen molar-refractivity contribution in [3.8, 4) is 5.75 Å². The van der Waals surface area contributed by atoms with Crippen LogP contribution in [-0.2, 0) is 4.79 Å². The van der Waals surface area contributed by atoms with E-state index < -0.39 is 5.91 Å². The predicted octanol–water partition coefficient (Wildman–Crippen LogP) is 4.21. The van der Waals surface area contributed by atoms with Crippen molar-refractivity contribution in [2.45, 2.75) is 19.8 Å². The predicted molar refractivity (Wildman–Crippen MR) is 112 cm³/mol. The lowest BCUT2D eigenvalue weighted by Gasteiger charge is -2.13. The maximum atomic E-state index is 12.4. The highest BCUT2D eigenvalue weighted by Gasteiger charge is 2.14. The number of nitrogens with one attached hydrogen (secondary N) is 3. The number of carbonyl (C=O) groups excluding carboxylic acids is 2. The lowest BCUT2D eigenvalue weighted by Crippen LogP contribution is -2.34. The van der Waals surface area contributed by atoms with Gasteiger partial charge in [-0.15, -0.1) is 0 Å². The molecule has 8 heteroatoms. The number of rotatable bonds is 6. The first-order valence-electron chi connectivity index (χ1n) is 8.28. The summed E-state index contributed by atoms with van der Waals surface area (Å²) in [6.45, 7) is 1.94. The second-order valence-corrected chi connectivity index (χ2v) is 6.48. The van der Waals surface area contributed by atoms with Gasteiger partial charge in [-0.2, -0.15) is 0 Å². The molecular weight excluding hydrogens is 386 g/mol. The number of methoxy groups -OCH3 is 1. The molecule has 27 heavy (non-hydrogen) atoms. The normalized spacial score (nSPS) is 10.0. The van der Waals surface area contributed by atoms with E-state index >= 15 is 0 Å². The zero-order chi connectivity index (χ0) is 19.8. The van der Waals surface area contributed by atoms with E-state index in [0.717, 1.165) is 6.42 Å². The van der Waals surface area contributed by atoms with Gasteiger partial charge in [0.25, 0.3) is 5.91 Å². The standard InChI is InChI=1S/C19H20ClN3O3S/c1-3-5-17(24)21-13-6-4-7-14(11-13)22-19(27)23-18(25)15-10-12(20)8-9-16(15)26-2/h4,6-11H,3,5H2,1-2H3,(H,21,24)(H2,22,23,25,27). The molecule has 0 atom stereocenters. The average Bonchev–Trinajstić information content (AvgIpc) is 2.62. The van der Waals surface area contributed by atoms with Crippen LogP contribution >= 0.6 is 23.8 Å². The molecule has 0 fully saturated rings. The van der Waals surface area contributed by atoms with Gasteiger partial charge in [-0.1, -0.05) is 24.6 Å². The smallest absolute Gasteiger partial charge is 0.261 e. The van der Waals surface area contributed by atoms with E-state index in [0.29, 0.717) is 28.6 Å². The summed E-state index contributed by atoms with van der Waals surface area (Å²) in [6.07, 6.45) is 1.22. The Morgan fingerprint density at radius 1 is 1.11 bits per heavy atom. The molecule has 0 radical (unpaired) electrons. The van der Waals surface area contributed by atoms with Crippen LogP contribution in [-0.4, -0.2) is 24.0 Å². The Morgan fingerprint density at radius 3 is 2.48 bits per heavy atom. The van der Waals surface area contributed by atoms with E-state index in [-0.39, 0.29) is 16.6 Å². The number of halogens is 1. The Hall–Kier alpha value is -2.64. The maximum absolute atomic E-state index is 12.4. The van der Waals surface area contributed by atoms with Gasteiger partial charge in [0.05, 0.1) is 12.7 Å². The Bertz CT molecular complexity index is 858. The van der Waals surface area contributed by atoms with Crippen LogP contribution in [0, 0.1) is 0 Å². The molecule has 2 amide bonds. The zero-order valence-electron chi connectivity index (χ0n) is 15.0. The highest BCUT2D eigenvalue weighted by molar-refractivity contribution is 7.80. The molecule has 2 aromatic carbocycles. The number of ether oxygens (including phenoxy) is 1. The molecule has 0 unspecified atom stereocenters. The van der Waals surface area contributed by atoms with E-state index in [2.05, 4.69) is 16.0 Å². The minimum atomic E-state index is -0.445. The lowest BCUT2D eigenvalue weighted by atomic mass is 10.2. The average molecular weight is 406 g/mol. The number of amides is 2. The molecule has 2 rings (SSSR count).